The molecule has 1 aliphatic rings. The second-order valence-corrected chi connectivity index (χ2v) is 6.44. The minimum atomic E-state index is -1.28. The Balaban J connectivity index is 2.88. The number of amides is 1. The van der Waals surface area contributed by atoms with Crippen molar-refractivity contribution in [2.45, 2.75) is 36.7 Å². The van der Waals surface area contributed by atoms with E-state index in [1.54, 1.807) is 19.0 Å². The van der Waals surface area contributed by atoms with Gasteiger partial charge < -0.3 is 30.3 Å². The molecule has 7 nitrogen and oxygen atoms in total. The summed E-state index contributed by atoms with van der Waals surface area (Å²) in [7, 11) is 3.53. The van der Waals surface area contributed by atoms with Crippen molar-refractivity contribution >= 4 is 34.2 Å². The van der Waals surface area contributed by atoms with Crippen LogP contribution in [-0.2, 0) is 9.53 Å². The van der Waals surface area contributed by atoms with Crippen LogP contribution in [-0.4, -0.2) is 80.9 Å². The van der Waals surface area contributed by atoms with Crippen LogP contribution in [0.4, 0.5) is 0 Å². The van der Waals surface area contributed by atoms with Crippen molar-refractivity contribution in [2.24, 2.45) is 0 Å². The van der Waals surface area contributed by atoms with E-state index in [0.29, 0.717) is 4.32 Å². The molecule has 1 fully saturated rings. The summed E-state index contributed by atoms with van der Waals surface area (Å²) in [6.07, 6.45) is -3.44. The number of aliphatic hydroxyl groups is 3. The molecule has 0 bridgehead atoms. The van der Waals surface area contributed by atoms with Gasteiger partial charge in [-0.15, -0.1) is 0 Å². The molecule has 0 aromatic heterocycles. The Morgan fingerprint density at radius 1 is 1.40 bits per heavy atom. The number of nitrogens with one attached hydrogen (secondary N) is 1. The number of hydrogen-bond acceptors (Lipinski definition) is 7. The molecule has 1 amide bonds. The lowest BCUT2D eigenvalue weighted by Crippen LogP contribution is -2.63. The van der Waals surface area contributed by atoms with Crippen molar-refractivity contribution in [3.63, 3.8) is 0 Å². The van der Waals surface area contributed by atoms with E-state index in [9.17, 15) is 20.1 Å². The average Bonchev–Trinajstić information content (AvgIpc) is 2.37. The number of carbonyl (C=O) groups is 1. The van der Waals surface area contributed by atoms with Gasteiger partial charge in [-0.1, -0.05) is 24.0 Å². The highest BCUT2D eigenvalue weighted by molar-refractivity contribution is 8.23. The summed E-state index contributed by atoms with van der Waals surface area (Å²) >= 11 is 6.30. The Bertz CT molecular complexity index is 369. The van der Waals surface area contributed by atoms with Crippen molar-refractivity contribution in [1.82, 2.24) is 10.2 Å². The molecule has 0 radical (unpaired) electrons. The standard InChI is InChI=1S/C11H20N2O5S2/c1-5(15)12-7-9(17)8(16)6(4-14)18-10(7)20-11(19)13(2)3/h6-10,14,16-17H,4H2,1-3H3,(H,12,15)/t6-,7-,8-,9-,10-/m1/s1. The molecule has 20 heavy (non-hydrogen) atoms. The molecule has 0 aromatic rings. The smallest absolute Gasteiger partial charge is 0.217 e. The third-order valence-electron chi connectivity index (χ3n) is 2.83. The Labute approximate surface area is 127 Å². The van der Waals surface area contributed by atoms with E-state index in [4.69, 9.17) is 17.0 Å². The Morgan fingerprint density at radius 2 is 2.00 bits per heavy atom. The van der Waals surface area contributed by atoms with Crippen molar-refractivity contribution in [1.29, 1.82) is 0 Å². The summed E-state index contributed by atoms with van der Waals surface area (Å²) in [6, 6.07) is -0.812. The molecule has 0 unspecified atom stereocenters. The van der Waals surface area contributed by atoms with Gasteiger partial charge in [0.2, 0.25) is 5.91 Å². The monoisotopic (exact) mass is 324 g/mol. The summed E-state index contributed by atoms with van der Waals surface area (Å²) in [5.41, 5.74) is -0.690. The van der Waals surface area contributed by atoms with E-state index in [0.717, 1.165) is 11.8 Å². The van der Waals surface area contributed by atoms with Crippen LogP contribution in [0.25, 0.3) is 0 Å². The van der Waals surface area contributed by atoms with Gasteiger partial charge >= 0.3 is 0 Å². The second-order valence-electron chi connectivity index (χ2n) is 4.71. The Morgan fingerprint density at radius 3 is 2.45 bits per heavy atom. The summed E-state index contributed by atoms with van der Waals surface area (Å²) in [5.74, 6) is -0.353. The zero-order chi connectivity index (χ0) is 15.4. The van der Waals surface area contributed by atoms with Gasteiger partial charge in [-0.2, -0.15) is 0 Å². The summed E-state index contributed by atoms with van der Waals surface area (Å²) in [6.45, 7) is 0.875. The molecule has 0 aliphatic carbocycles. The fraction of sp³-hybridized carbons (Fsp3) is 0.818. The van der Waals surface area contributed by atoms with Crippen LogP contribution in [0.1, 0.15) is 6.92 Å². The fourth-order valence-electron chi connectivity index (χ4n) is 1.78. The van der Waals surface area contributed by atoms with Crippen LogP contribution in [0.5, 0.6) is 0 Å². The topological polar surface area (TPSA) is 102 Å². The maximum atomic E-state index is 11.2. The number of rotatable bonds is 3. The molecule has 5 atom stereocenters. The first-order valence-corrected chi connectivity index (χ1v) is 7.34. The first kappa shape index (κ1) is 17.6. The van der Waals surface area contributed by atoms with Gasteiger partial charge in [-0.25, -0.2) is 0 Å². The van der Waals surface area contributed by atoms with Crippen LogP contribution < -0.4 is 5.32 Å². The zero-order valence-electron chi connectivity index (χ0n) is 11.5. The highest BCUT2D eigenvalue weighted by Gasteiger charge is 2.45. The molecule has 0 spiro atoms. The van der Waals surface area contributed by atoms with Gasteiger partial charge in [0, 0.05) is 21.0 Å². The zero-order valence-corrected chi connectivity index (χ0v) is 13.1. The van der Waals surface area contributed by atoms with Gasteiger partial charge in [0.1, 0.15) is 28.1 Å². The number of thioether (sulfide) groups is 1. The van der Waals surface area contributed by atoms with Crippen LogP contribution >= 0.6 is 24.0 Å². The van der Waals surface area contributed by atoms with Crippen LogP contribution in [0.15, 0.2) is 0 Å². The highest BCUT2D eigenvalue weighted by Crippen LogP contribution is 2.29. The summed E-state index contributed by atoms with van der Waals surface area (Å²) < 4.78 is 6.03. The lowest BCUT2D eigenvalue weighted by Gasteiger charge is -2.42. The quantitative estimate of drug-likeness (QED) is 0.466. The predicted octanol–water partition coefficient (Wildman–Crippen LogP) is -1.49. The minimum Gasteiger partial charge on any atom is -0.394 e. The van der Waals surface area contributed by atoms with E-state index >= 15 is 0 Å². The van der Waals surface area contributed by atoms with Gasteiger partial charge in [-0.05, 0) is 0 Å². The molecular weight excluding hydrogens is 304 g/mol. The SMILES string of the molecule is CC(=O)N[C@@H]1[C@@H](O)[C@H](O)[C@@H](CO)O[C@@H]1SC(=S)N(C)C. The normalized spacial score (nSPS) is 33.6. The number of nitrogens with zero attached hydrogens (tertiary/aromatic N) is 1. The minimum absolute atomic E-state index is 0.353. The first-order chi connectivity index (χ1) is 9.27. The molecule has 0 saturated carbocycles. The maximum absolute atomic E-state index is 11.2. The molecule has 116 valence electrons. The van der Waals surface area contributed by atoms with E-state index in [1.807, 2.05) is 0 Å². The van der Waals surface area contributed by atoms with Crippen LogP contribution in [0.3, 0.4) is 0 Å². The van der Waals surface area contributed by atoms with E-state index in [1.165, 1.54) is 6.92 Å². The molecule has 1 rings (SSSR count). The average molecular weight is 324 g/mol. The van der Waals surface area contributed by atoms with Gasteiger partial charge in [-0.3, -0.25) is 4.79 Å². The Hall–Kier alpha value is -0.450. The third kappa shape index (κ3) is 4.27. The van der Waals surface area contributed by atoms with Crippen molar-refractivity contribution in [3.8, 4) is 0 Å². The molecule has 4 N–H and O–H groups in total. The van der Waals surface area contributed by atoms with Crippen molar-refractivity contribution in [2.75, 3.05) is 20.7 Å². The predicted molar refractivity (Wildman–Crippen MR) is 79.2 cm³/mol. The maximum Gasteiger partial charge on any atom is 0.217 e. The van der Waals surface area contributed by atoms with Crippen LogP contribution in [0.2, 0.25) is 0 Å². The summed E-state index contributed by atoms with van der Waals surface area (Å²) in [4.78, 5) is 12.9. The lowest BCUT2D eigenvalue weighted by molar-refractivity contribution is -0.173. The molecule has 1 heterocycles. The Kier molecular flexibility index (Phi) is 6.62. The number of hydrogen-bond donors (Lipinski definition) is 4. The third-order valence-corrected chi connectivity index (χ3v) is 4.69. The van der Waals surface area contributed by atoms with Gasteiger partial charge in [0.25, 0.3) is 0 Å². The van der Waals surface area contributed by atoms with Crippen molar-refractivity contribution in [3.05, 3.63) is 0 Å². The molecular formula is C11H20N2O5S2. The number of carbonyl (C=O) groups excluding carboxylic acids is 1. The van der Waals surface area contributed by atoms with E-state index in [-0.39, 0.29) is 5.91 Å². The second kappa shape index (κ2) is 7.53. The molecule has 9 heteroatoms. The van der Waals surface area contributed by atoms with Crippen LogP contribution in [0, 0.1) is 0 Å². The first-order valence-electron chi connectivity index (χ1n) is 6.05. The highest BCUT2D eigenvalue weighted by atomic mass is 32.2. The number of aliphatic hydroxyl groups excluding tert-OH is 3. The fourth-order valence-corrected chi connectivity index (χ4v) is 3.04. The van der Waals surface area contributed by atoms with Gasteiger partial charge in [0.15, 0.2) is 0 Å². The van der Waals surface area contributed by atoms with E-state index in [2.05, 4.69) is 5.32 Å². The molecule has 1 saturated heterocycles. The van der Waals surface area contributed by atoms with Gasteiger partial charge in [0.05, 0.1) is 12.6 Å². The van der Waals surface area contributed by atoms with E-state index < -0.39 is 36.4 Å². The molecule has 1 aliphatic heterocycles. The largest absolute Gasteiger partial charge is 0.394 e. The molecule has 0 aromatic carbocycles. The number of ether oxygens (including phenoxy) is 1. The van der Waals surface area contributed by atoms with Crippen molar-refractivity contribution < 1.29 is 24.9 Å². The lowest BCUT2D eigenvalue weighted by atomic mass is 9.98. The number of thiocarbonyl (C=S) groups is 1. The summed E-state index contributed by atoms with van der Waals surface area (Å²) in [5, 5.41) is 31.6.